The van der Waals surface area contributed by atoms with Crippen LogP contribution in [0.1, 0.15) is 11.1 Å². The largest absolute Gasteiger partial charge is 0.488 e. The van der Waals surface area contributed by atoms with Gasteiger partial charge in [0.1, 0.15) is 24.6 Å². The van der Waals surface area contributed by atoms with E-state index in [0.717, 1.165) is 14.9 Å². The molecule has 1 N–H and O–H groups in total. The quantitative estimate of drug-likeness (QED) is 0.351. The zero-order chi connectivity index (χ0) is 21.8. The van der Waals surface area contributed by atoms with Gasteiger partial charge in [-0.25, -0.2) is 9.69 Å². The fraction of sp³-hybridized carbons (Fsp3) is 0.150. The minimum absolute atomic E-state index is 0.0152. The van der Waals surface area contributed by atoms with E-state index in [1.807, 2.05) is 0 Å². The first kappa shape index (κ1) is 22.1. The summed E-state index contributed by atoms with van der Waals surface area (Å²) in [7, 11) is 1.18. The summed E-state index contributed by atoms with van der Waals surface area (Å²) in [5.41, 5.74) is 1.37. The average Bonchev–Trinajstić information content (AvgIpc) is 2.97. The van der Waals surface area contributed by atoms with Crippen LogP contribution < -0.4 is 10.1 Å². The Bertz CT molecular complexity index is 1060. The van der Waals surface area contributed by atoms with Gasteiger partial charge < -0.3 is 14.8 Å². The maximum atomic E-state index is 12.5. The molecule has 1 aliphatic rings. The molecule has 0 unspecified atom stereocenters. The normalized spacial score (nSPS) is 14.8. The molecule has 1 heterocycles. The molecule has 2 aromatic carbocycles. The van der Waals surface area contributed by atoms with Gasteiger partial charge in [0.05, 0.1) is 17.2 Å². The van der Waals surface area contributed by atoms with Gasteiger partial charge in [-0.2, -0.15) is 0 Å². The highest BCUT2D eigenvalue weighted by atomic mass is 79.9. The van der Waals surface area contributed by atoms with Crippen molar-refractivity contribution in [2.24, 2.45) is 0 Å². The molecule has 0 bridgehead atoms. The molecule has 1 aliphatic heterocycles. The Kier molecular flexibility index (Phi) is 7.02. The topological polar surface area (TPSA) is 84.9 Å². The number of nitrogens with one attached hydrogen (secondary N) is 1. The third kappa shape index (κ3) is 5.13. The maximum Gasteiger partial charge on any atom is 0.329 e. The number of rotatable bonds is 6. The SMILES string of the molecule is COC(=O)CN1C(=O)N/C(=C/c2cc(Br)ccc2OCc2ccc(Cl)c(Cl)c2)C1=O. The predicted octanol–water partition coefficient (Wildman–Crippen LogP) is 4.40. The minimum atomic E-state index is -0.704. The second-order valence-electron chi connectivity index (χ2n) is 6.17. The highest BCUT2D eigenvalue weighted by molar-refractivity contribution is 9.10. The fourth-order valence-corrected chi connectivity index (χ4v) is 3.32. The van der Waals surface area contributed by atoms with Gasteiger partial charge in [-0.1, -0.05) is 45.2 Å². The third-order valence-corrected chi connectivity index (χ3v) is 5.36. The third-order valence-electron chi connectivity index (χ3n) is 4.13. The summed E-state index contributed by atoms with van der Waals surface area (Å²) in [5, 5.41) is 3.32. The lowest BCUT2D eigenvalue weighted by Crippen LogP contribution is -2.36. The summed E-state index contributed by atoms with van der Waals surface area (Å²) >= 11 is 15.3. The van der Waals surface area contributed by atoms with Gasteiger partial charge in [0.15, 0.2) is 0 Å². The van der Waals surface area contributed by atoms with Gasteiger partial charge in [-0.15, -0.1) is 0 Å². The van der Waals surface area contributed by atoms with Crippen LogP contribution in [0.3, 0.4) is 0 Å². The number of imide groups is 1. The van der Waals surface area contributed by atoms with Gasteiger partial charge in [0.2, 0.25) is 0 Å². The highest BCUT2D eigenvalue weighted by Gasteiger charge is 2.35. The molecule has 0 atom stereocenters. The first-order valence-corrected chi connectivity index (χ1v) is 10.1. The number of nitrogens with zero attached hydrogens (tertiary/aromatic N) is 1. The van der Waals surface area contributed by atoms with Crippen LogP contribution in [0.25, 0.3) is 6.08 Å². The van der Waals surface area contributed by atoms with Crippen molar-refractivity contribution in [2.75, 3.05) is 13.7 Å². The Morgan fingerprint density at radius 3 is 2.63 bits per heavy atom. The van der Waals surface area contributed by atoms with Gasteiger partial charge in [-0.05, 0) is 42.0 Å². The Hall–Kier alpha value is -2.55. The molecule has 1 fully saturated rings. The van der Waals surface area contributed by atoms with E-state index >= 15 is 0 Å². The summed E-state index contributed by atoms with van der Waals surface area (Å²) in [6.07, 6.45) is 1.48. The van der Waals surface area contributed by atoms with Crippen molar-refractivity contribution in [3.63, 3.8) is 0 Å². The van der Waals surface area contributed by atoms with Crippen LogP contribution in [0.2, 0.25) is 10.0 Å². The van der Waals surface area contributed by atoms with Crippen LogP contribution in [-0.4, -0.2) is 36.5 Å². The van der Waals surface area contributed by atoms with Crippen LogP contribution in [0.4, 0.5) is 4.79 Å². The molecule has 7 nitrogen and oxygen atoms in total. The number of urea groups is 1. The van der Waals surface area contributed by atoms with Crippen LogP contribution >= 0.6 is 39.1 Å². The molecule has 0 aliphatic carbocycles. The van der Waals surface area contributed by atoms with Gasteiger partial charge in [0.25, 0.3) is 5.91 Å². The first-order valence-electron chi connectivity index (χ1n) is 8.56. The molecular weight excluding hydrogens is 499 g/mol. The van der Waals surface area contributed by atoms with Crippen LogP contribution in [0.5, 0.6) is 5.75 Å². The molecule has 30 heavy (non-hydrogen) atoms. The van der Waals surface area contributed by atoms with E-state index in [4.69, 9.17) is 27.9 Å². The Morgan fingerprint density at radius 1 is 1.17 bits per heavy atom. The molecule has 1 saturated heterocycles. The summed E-state index contributed by atoms with van der Waals surface area (Å²) in [5.74, 6) is -0.862. The van der Waals surface area contributed by atoms with Crippen molar-refractivity contribution in [3.05, 3.63) is 67.7 Å². The molecular formula is C20H15BrCl2N2O5. The lowest BCUT2D eigenvalue weighted by molar-refractivity contribution is -0.143. The number of benzene rings is 2. The summed E-state index contributed by atoms with van der Waals surface area (Å²) in [6, 6.07) is 9.70. The zero-order valence-corrected chi connectivity index (χ0v) is 18.7. The van der Waals surface area contributed by atoms with E-state index in [0.29, 0.717) is 21.4 Å². The molecule has 2 aromatic rings. The van der Waals surface area contributed by atoms with Crippen molar-refractivity contribution in [1.82, 2.24) is 10.2 Å². The summed E-state index contributed by atoms with van der Waals surface area (Å²) in [4.78, 5) is 36.7. The van der Waals surface area contributed by atoms with E-state index in [-0.39, 0.29) is 12.3 Å². The second kappa shape index (κ2) is 9.51. The standard InChI is InChI=1S/C20H15BrCl2N2O5/c1-29-18(26)9-25-19(27)16(24-20(25)28)8-12-7-13(21)3-5-17(12)30-10-11-2-4-14(22)15(23)6-11/h2-8H,9-10H2,1H3,(H,24,28)/b16-8+. The van der Waals surface area contributed by atoms with Gasteiger partial charge in [0, 0.05) is 10.0 Å². The number of carbonyl (C=O) groups excluding carboxylic acids is 3. The number of amides is 3. The number of halogens is 3. The highest BCUT2D eigenvalue weighted by Crippen LogP contribution is 2.28. The van der Waals surface area contributed by atoms with Crippen LogP contribution in [-0.2, 0) is 20.9 Å². The first-order chi connectivity index (χ1) is 14.3. The molecule has 10 heteroatoms. The molecule has 3 rings (SSSR count). The average molecular weight is 514 g/mol. The number of methoxy groups -OCH3 is 1. The smallest absolute Gasteiger partial charge is 0.329 e. The zero-order valence-electron chi connectivity index (χ0n) is 15.6. The lowest BCUT2D eigenvalue weighted by Gasteiger charge is -2.11. The molecule has 0 spiro atoms. The maximum absolute atomic E-state index is 12.5. The summed E-state index contributed by atoms with van der Waals surface area (Å²) in [6.45, 7) is -0.263. The molecule has 0 radical (unpaired) electrons. The van der Waals surface area contributed by atoms with Crippen molar-refractivity contribution in [2.45, 2.75) is 6.61 Å². The number of hydrogen-bond donors (Lipinski definition) is 1. The number of hydrogen-bond acceptors (Lipinski definition) is 5. The summed E-state index contributed by atoms with van der Waals surface area (Å²) < 4.78 is 11.1. The monoisotopic (exact) mass is 512 g/mol. The van der Waals surface area contributed by atoms with Crippen molar-refractivity contribution in [3.8, 4) is 5.75 Å². The van der Waals surface area contributed by atoms with E-state index < -0.39 is 24.5 Å². The number of esters is 1. The molecule has 0 saturated carbocycles. The lowest BCUT2D eigenvalue weighted by atomic mass is 10.1. The van der Waals surface area contributed by atoms with E-state index in [9.17, 15) is 14.4 Å². The molecule has 3 amide bonds. The predicted molar refractivity (Wildman–Crippen MR) is 115 cm³/mol. The number of ether oxygens (including phenoxy) is 2. The van der Waals surface area contributed by atoms with E-state index in [1.165, 1.54) is 13.2 Å². The number of carbonyl (C=O) groups is 3. The molecule has 0 aromatic heterocycles. The Balaban J connectivity index is 1.83. The molecule has 156 valence electrons. The second-order valence-corrected chi connectivity index (χ2v) is 7.90. The Morgan fingerprint density at radius 2 is 1.93 bits per heavy atom. The van der Waals surface area contributed by atoms with Crippen molar-refractivity contribution >= 4 is 63.1 Å². The Labute approximate surface area is 190 Å². The minimum Gasteiger partial charge on any atom is -0.488 e. The van der Waals surface area contributed by atoms with Crippen LogP contribution in [0.15, 0.2) is 46.6 Å². The van der Waals surface area contributed by atoms with Crippen molar-refractivity contribution < 1.29 is 23.9 Å². The van der Waals surface area contributed by atoms with E-state index in [1.54, 1.807) is 36.4 Å². The van der Waals surface area contributed by atoms with Crippen LogP contribution in [0, 0.1) is 0 Å². The van der Waals surface area contributed by atoms with Gasteiger partial charge in [-0.3, -0.25) is 9.59 Å². The fourth-order valence-electron chi connectivity index (χ4n) is 2.62. The van der Waals surface area contributed by atoms with Gasteiger partial charge >= 0.3 is 12.0 Å². The van der Waals surface area contributed by atoms with E-state index in [2.05, 4.69) is 26.0 Å². The van der Waals surface area contributed by atoms with Crippen molar-refractivity contribution in [1.29, 1.82) is 0 Å².